The van der Waals surface area contributed by atoms with Crippen LogP contribution in [-0.4, -0.2) is 36.8 Å². The number of nitrogens with zero attached hydrogens (tertiary/aromatic N) is 2. The zero-order valence-electron chi connectivity index (χ0n) is 11.9. The minimum atomic E-state index is -1.04. The minimum Gasteiger partial charge on any atom is -0.480 e. The molecule has 1 aliphatic rings. The lowest BCUT2D eigenvalue weighted by Crippen LogP contribution is -2.47. The Morgan fingerprint density at radius 3 is 2.62 bits per heavy atom. The molecule has 21 heavy (non-hydrogen) atoms. The second-order valence-corrected chi connectivity index (χ2v) is 6.80. The molecule has 0 bridgehead atoms. The van der Waals surface area contributed by atoms with Crippen LogP contribution in [0.4, 0.5) is 0 Å². The van der Waals surface area contributed by atoms with Crippen LogP contribution in [0.15, 0.2) is 23.2 Å². The number of carboxylic acids is 1. The van der Waals surface area contributed by atoms with Crippen LogP contribution in [-0.2, 0) is 16.6 Å². The molecule has 0 radical (unpaired) electrons. The van der Waals surface area contributed by atoms with Crippen molar-refractivity contribution in [2.24, 2.45) is 13.0 Å². The number of carbonyl (C=O) groups excluding carboxylic acids is 1. The zero-order valence-corrected chi connectivity index (χ0v) is 13.6. The van der Waals surface area contributed by atoms with Crippen molar-refractivity contribution in [3.05, 3.63) is 28.9 Å². The van der Waals surface area contributed by atoms with Gasteiger partial charge in [-0.25, -0.2) is 4.79 Å². The van der Waals surface area contributed by atoms with E-state index in [1.54, 1.807) is 19.9 Å². The molecule has 0 aliphatic carbocycles. The second-order valence-electron chi connectivity index (χ2n) is 5.12. The van der Waals surface area contributed by atoms with Crippen molar-refractivity contribution in [3.63, 3.8) is 0 Å². The molecule has 1 aliphatic heterocycles. The van der Waals surface area contributed by atoms with E-state index in [9.17, 15) is 14.7 Å². The maximum Gasteiger partial charge on any atom is 0.327 e. The van der Waals surface area contributed by atoms with Crippen LogP contribution in [0.5, 0.6) is 0 Å². The third-order valence-corrected chi connectivity index (χ3v) is 4.58. The van der Waals surface area contributed by atoms with Crippen LogP contribution in [0.25, 0.3) is 6.08 Å². The van der Waals surface area contributed by atoms with Gasteiger partial charge in [0.1, 0.15) is 10.4 Å². The van der Waals surface area contributed by atoms with Gasteiger partial charge in [-0.05, 0) is 24.1 Å². The van der Waals surface area contributed by atoms with Gasteiger partial charge >= 0.3 is 5.97 Å². The number of hydrogen-bond acceptors (Lipinski definition) is 4. The third kappa shape index (κ3) is 3.03. The van der Waals surface area contributed by atoms with E-state index in [2.05, 4.69) is 0 Å². The van der Waals surface area contributed by atoms with E-state index in [4.69, 9.17) is 12.2 Å². The smallest absolute Gasteiger partial charge is 0.327 e. The molecule has 0 spiro atoms. The first-order valence-corrected chi connectivity index (χ1v) is 7.66. The fourth-order valence-electron chi connectivity index (χ4n) is 2.17. The van der Waals surface area contributed by atoms with E-state index < -0.39 is 12.0 Å². The molecule has 1 saturated heterocycles. The molecule has 1 aromatic heterocycles. The highest BCUT2D eigenvalue weighted by Gasteiger charge is 2.41. The van der Waals surface area contributed by atoms with E-state index in [1.165, 1.54) is 4.90 Å². The molecule has 1 fully saturated rings. The summed E-state index contributed by atoms with van der Waals surface area (Å²) < 4.78 is 2.17. The van der Waals surface area contributed by atoms with Crippen molar-refractivity contribution in [2.45, 2.75) is 19.9 Å². The van der Waals surface area contributed by atoms with E-state index in [0.29, 0.717) is 9.23 Å². The molecular formula is C14H16N2O3S2. The number of amides is 1. The standard InChI is InChI=1S/C14H16N2O3S2/c1-8(2)11(13(18)19)16-12(17)10(21-14(16)20)7-9-5-4-6-15(9)3/h4-8,11H,1-3H3,(H,18,19). The predicted octanol–water partition coefficient (Wildman–Crippen LogP) is 2.34. The topological polar surface area (TPSA) is 62.5 Å². The van der Waals surface area contributed by atoms with Crippen molar-refractivity contribution < 1.29 is 14.7 Å². The van der Waals surface area contributed by atoms with Gasteiger partial charge in [0.2, 0.25) is 0 Å². The summed E-state index contributed by atoms with van der Waals surface area (Å²) in [5, 5.41) is 9.34. The van der Waals surface area contributed by atoms with Gasteiger partial charge < -0.3 is 9.67 Å². The number of aryl methyl sites for hydroxylation is 1. The molecule has 5 nitrogen and oxygen atoms in total. The predicted molar refractivity (Wildman–Crippen MR) is 86.7 cm³/mol. The number of aromatic nitrogens is 1. The first-order valence-electron chi connectivity index (χ1n) is 6.44. The molecule has 1 amide bonds. The first-order chi connectivity index (χ1) is 9.82. The Labute approximate surface area is 132 Å². The minimum absolute atomic E-state index is 0.223. The summed E-state index contributed by atoms with van der Waals surface area (Å²) in [6, 6.07) is 2.82. The molecule has 1 N–H and O–H groups in total. The van der Waals surface area contributed by atoms with Crippen LogP contribution in [0, 0.1) is 5.92 Å². The summed E-state index contributed by atoms with van der Waals surface area (Å²) in [5.74, 6) is -1.60. The quantitative estimate of drug-likeness (QED) is 0.680. The van der Waals surface area contributed by atoms with Gasteiger partial charge in [0.15, 0.2) is 0 Å². The molecule has 0 saturated carbocycles. The largest absolute Gasteiger partial charge is 0.480 e. The number of thiocarbonyl (C=S) groups is 1. The van der Waals surface area contributed by atoms with E-state index in [-0.39, 0.29) is 11.8 Å². The molecule has 1 atom stereocenters. The van der Waals surface area contributed by atoms with Crippen LogP contribution in [0.3, 0.4) is 0 Å². The van der Waals surface area contributed by atoms with E-state index in [1.807, 2.05) is 29.9 Å². The molecule has 1 aromatic rings. The molecule has 2 heterocycles. The van der Waals surface area contributed by atoms with Crippen molar-refractivity contribution in [2.75, 3.05) is 0 Å². The van der Waals surface area contributed by atoms with Crippen LogP contribution < -0.4 is 0 Å². The SMILES string of the molecule is CC(C)C(C(=O)O)N1C(=O)C(=Cc2cccn2C)SC1=S. The number of rotatable bonds is 4. The van der Waals surface area contributed by atoms with Crippen LogP contribution in [0.2, 0.25) is 0 Å². The maximum atomic E-state index is 12.5. The first kappa shape index (κ1) is 15.8. The average Bonchev–Trinajstić information content (AvgIpc) is 2.88. The Bertz CT molecular complexity index is 634. The van der Waals surface area contributed by atoms with Gasteiger partial charge in [-0.15, -0.1) is 0 Å². The summed E-state index contributed by atoms with van der Waals surface area (Å²) in [6.45, 7) is 3.52. The number of carbonyl (C=O) groups is 2. The zero-order chi connectivity index (χ0) is 15.7. The highest BCUT2D eigenvalue weighted by molar-refractivity contribution is 8.26. The van der Waals surface area contributed by atoms with Gasteiger partial charge in [0.25, 0.3) is 5.91 Å². The van der Waals surface area contributed by atoms with Gasteiger partial charge in [0, 0.05) is 18.9 Å². The van der Waals surface area contributed by atoms with Gasteiger partial charge in [0.05, 0.1) is 4.91 Å². The normalized spacial score (nSPS) is 18.9. The fraction of sp³-hybridized carbons (Fsp3) is 0.357. The summed E-state index contributed by atoms with van der Waals surface area (Å²) in [6.07, 6.45) is 3.61. The molecule has 2 rings (SSSR count). The number of hydrogen-bond donors (Lipinski definition) is 1. The molecule has 0 aromatic carbocycles. The van der Waals surface area contributed by atoms with Crippen LogP contribution >= 0.6 is 24.0 Å². The Hall–Kier alpha value is -1.60. The lowest BCUT2D eigenvalue weighted by Gasteiger charge is -2.26. The summed E-state index contributed by atoms with van der Waals surface area (Å²) >= 11 is 6.34. The lowest BCUT2D eigenvalue weighted by molar-refractivity contribution is -0.146. The summed E-state index contributed by atoms with van der Waals surface area (Å²) in [5.41, 5.74) is 0.868. The van der Waals surface area contributed by atoms with Crippen molar-refractivity contribution in [1.82, 2.24) is 9.47 Å². The van der Waals surface area contributed by atoms with Gasteiger partial charge in [-0.2, -0.15) is 0 Å². The molecule has 112 valence electrons. The Morgan fingerprint density at radius 1 is 1.48 bits per heavy atom. The van der Waals surface area contributed by atoms with E-state index in [0.717, 1.165) is 17.5 Å². The van der Waals surface area contributed by atoms with Crippen molar-refractivity contribution >= 4 is 46.3 Å². The Kier molecular flexibility index (Phi) is 4.53. The third-order valence-electron chi connectivity index (χ3n) is 3.25. The van der Waals surface area contributed by atoms with Crippen LogP contribution in [0.1, 0.15) is 19.5 Å². The highest BCUT2D eigenvalue weighted by atomic mass is 32.2. The Morgan fingerprint density at radius 2 is 2.14 bits per heavy atom. The second kappa shape index (κ2) is 6.03. The number of carboxylic acid groups (broad SMARTS) is 1. The van der Waals surface area contributed by atoms with E-state index >= 15 is 0 Å². The average molecular weight is 324 g/mol. The number of thioether (sulfide) groups is 1. The maximum absolute atomic E-state index is 12.5. The van der Waals surface area contributed by atoms with Gasteiger partial charge in [-0.3, -0.25) is 9.69 Å². The van der Waals surface area contributed by atoms with Crippen molar-refractivity contribution in [1.29, 1.82) is 0 Å². The summed E-state index contributed by atoms with van der Waals surface area (Å²) in [7, 11) is 1.88. The molecule has 7 heteroatoms. The Balaban J connectivity index is 2.34. The fourth-order valence-corrected chi connectivity index (χ4v) is 3.49. The summed E-state index contributed by atoms with van der Waals surface area (Å²) in [4.78, 5) is 25.6. The molecule has 1 unspecified atom stereocenters. The monoisotopic (exact) mass is 324 g/mol. The lowest BCUT2D eigenvalue weighted by atomic mass is 10.0. The highest BCUT2D eigenvalue weighted by Crippen LogP contribution is 2.35. The van der Waals surface area contributed by atoms with Gasteiger partial charge in [-0.1, -0.05) is 37.8 Å². The number of aliphatic carboxylic acids is 1. The van der Waals surface area contributed by atoms with Crippen molar-refractivity contribution in [3.8, 4) is 0 Å². The molecular weight excluding hydrogens is 308 g/mol.